The minimum absolute atomic E-state index is 0.186. The third-order valence-corrected chi connectivity index (χ3v) is 9.49. The molecule has 1 aromatic rings. The van der Waals surface area contributed by atoms with E-state index in [4.69, 9.17) is 9.05 Å². The second-order valence-electron chi connectivity index (χ2n) is 9.21. The minimum Gasteiger partial charge on any atom is -0.308 e. The molecule has 0 bridgehead atoms. The van der Waals surface area contributed by atoms with Crippen LogP contribution in [0.4, 0.5) is 0 Å². The number of carbonyl (C=O) groups is 4. The van der Waals surface area contributed by atoms with Crippen LogP contribution in [-0.4, -0.2) is 65.4 Å². The fraction of sp³-hybridized carbons (Fsp3) is 0.538. The first-order chi connectivity index (χ1) is 17.3. The van der Waals surface area contributed by atoms with Gasteiger partial charge in [0.05, 0.1) is 41.8 Å². The molecule has 194 valence electrons. The molecule has 4 amide bonds. The van der Waals surface area contributed by atoms with E-state index < -0.39 is 25.1 Å². The summed E-state index contributed by atoms with van der Waals surface area (Å²) in [6.45, 7) is 4.45. The summed E-state index contributed by atoms with van der Waals surface area (Å²) in [6, 6.07) is 6.82. The highest BCUT2D eigenvalue weighted by Gasteiger charge is 2.56. The molecule has 9 nitrogen and oxygen atoms in total. The van der Waals surface area contributed by atoms with Crippen LogP contribution in [0.1, 0.15) is 66.7 Å². The van der Waals surface area contributed by atoms with E-state index in [1.54, 1.807) is 50.3 Å². The molecule has 3 atom stereocenters. The Hall–Kier alpha value is -2.61. The lowest BCUT2D eigenvalue weighted by Crippen LogP contribution is -2.35. The summed E-state index contributed by atoms with van der Waals surface area (Å²) in [5, 5.41) is 0. The van der Waals surface area contributed by atoms with Crippen molar-refractivity contribution in [2.45, 2.75) is 51.6 Å². The van der Waals surface area contributed by atoms with E-state index in [-0.39, 0.29) is 43.4 Å². The Morgan fingerprint density at radius 1 is 0.833 bits per heavy atom. The lowest BCUT2D eigenvalue weighted by Gasteiger charge is -2.31. The molecule has 0 spiro atoms. The first kappa shape index (κ1) is 26.5. The Morgan fingerprint density at radius 3 is 1.94 bits per heavy atom. The fourth-order valence-corrected chi connectivity index (χ4v) is 7.56. The maximum absolute atomic E-state index is 13.4. The van der Waals surface area contributed by atoms with Crippen LogP contribution in [0.2, 0.25) is 0 Å². The highest BCUT2D eigenvalue weighted by Crippen LogP contribution is 2.59. The predicted molar refractivity (Wildman–Crippen MR) is 132 cm³/mol. The quantitative estimate of drug-likeness (QED) is 0.178. The average molecular weight is 517 g/mol. The van der Waals surface area contributed by atoms with Gasteiger partial charge < -0.3 is 9.05 Å². The van der Waals surface area contributed by atoms with Gasteiger partial charge in [0.25, 0.3) is 11.8 Å². The number of benzene rings is 1. The smallest absolute Gasteiger partial charge is 0.308 e. The Bertz CT molecular complexity index is 1070. The third kappa shape index (κ3) is 4.84. The van der Waals surface area contributed by atoms with E-state index in [1.165, 1.54) is 9.80 Å². The number of hydrogen-bond donors (Lipinski definition) is 0. The van der Waals surface area contributed by atoms with Gasteiger partial charge in [0.2, 0.25) is 11.8 Å². The van der Waals surface area contributed by atoms with Crippen molar-refractivity contribution in [3.63, 3.8) is 0 Å². The van der Waals surface area contributed by atoms with Crippen molar-refractivity contribution < 1.29 is 32.8 Å². The summed E-state index contributed by atoms with van der Waals surface area (Å²) in [4.78, 5) is 53.8. The van der Waals surface area contributed by atoms with Crippen LogP contribution < -0.4 is 0 Å². The zero-order chi connectivity index (χ0) is 25.9. The third-order valence-electron chi connectivity index (χ3n) is 7.03. The molecule has 0 aromatic heterocycles. The number of unbranched alkanes of at least 4 members (excludes halogenated alkanes) is 3. The zero-order valence-corrected chi connectivity index (χ0v) is 21.7. The summed E-state index contributed by atoms with van der Waals surface area (Å²) in [5.74, 6) is -2.34. The van der Waals surface area contributed by atoms with Gasteiger partial charge in [-0.25, -0.2) is 0 Å². The van der Waals surface area contributed by atoms with Crippen LogP contribution in [0.5, 0.6) is 0 Å². The first-order valence-corrected chi connectivity index (χ1v) is 14.3. The van der Waals surface area contributed by atoms with E-state index in [9.17, 15) is 23.7 Å². The molecule has 1 aliphatic carbocycles. The van der Waals surface area contributed by atoms with Crippen LogP contribution in [0.3, 0.4) is 0 Å². The van der Waals surface area contributed by atoms with E-state index >= 15 is 0 Å². The van der Waals surface area contributed by atoms with Crippen LogP contribution in [0, 0.1) is 11.8 Å². The number of nitrogens with zero attached hydrogens (tertiary/aromatic N) is 2. The molecule has 2 aliphatic heterocycles. The number of fused-ring (bicyclic) bond motifs is 2. The van der Waals surface area contributed by atoms with Crippen LogP contribution in [-0.2, 0) is 23.2 Å². The normalized spacial score (nSPS) is 23.6. The molecule has 0 saturated carbocycles. The van der Waals surface area contributed by atoms with E-state index in [1.807, 2.05) is 0 Å². The van der Waals surface area contributed by atoms with Crippen LogP contribution in [0.25, 0.3) is 0 Å². The van der Waals surface area contributed by atoms with Gasteiger partial charge in [0, 0.05) is 13.1 Å². The topological polar surface area (TPSA) is 110 Å². The lowest BCUT2D eigenvalue weighted by atomic mass is 9.85. The molecule has 1 fully saturated rings. The summed E-state index contributed by atoms with van der Waals surface area (Å²) in [5.41, 5.74) is 0.124. The standard InChI is InChI=1S/C26H33N2O7P/c1-3-34-36(33,35-4-2)21-15-11-14-20-22(21)26(32)28(25(20)31)17-10-6-5-9-16-27-23(29)18-12-7-8-13-19(18)24(27)30/h7-8,11-13,15,20-22H,3-6,9-10,14,16-17H2,1-2H3/t20-,21+,22-/m0/s1. The Kier molecular flexibility index (Phi) is 8.23. The maximum atomic E-state index is 13.4. The molecular weight excluding hydrogens is 483 g/mol. The molecular formula is C26H33N2O7P. The van der Waals surface area contributed by atoms with Crippen molar-refractivity contribution in [1.29, 1.82) is 0 Å². The monoisotopic (exact) mass is 516 g/mol. The average Bonchev–Trinajstić information content (AvgIpc) is 3.26. The van der Waals surface area contributed by atoms with Crippen LogP contribution in [0.15, 0.2) is 36.4 Å². The molecule has 0 unspecified atom stereocenters. The predicted octanol–water partition coefficient (Wildman–Crippen LogP) is 4.04. The van der Waals surface area contributed by atoms with E-state index in [0.29, 0.717) is 36.9 Å². The van der Waals surface area contributed by atoms with Gasteiger partial charge in [-0.3, -0.25) is 33.5 Å². The molecule has 2 heterocycles. The fourth-order valence-electron chi connectivity index (χ4n) is 5.36. The summed E-state index contributed by atoms with van der Waals surface area (Å²) >= 11 is 0. The number of rotatable bonds is 12. The highest BCUT2D eigenvalue weighted by molar-refractivity contribution is 7.55. The molecule has 10 heteroatoms. The summed E-state index contributed by atoms with van der Waals surface area (Å²) < 4.78 is 24.4. The summed E-state index contributed by atoms with van der Waals surface area (Å²) in [6.07, 6.45) is 6.70. The highest BCUT2D eigenvalue weighted by atomic mass is 31.2. The number of hydrogen-bond acceptors (Lipinski definition) is 7. The van der Waals surface area contributed by atoms with Crippen molar-refractivity contribution in [3.05, 3.63) is 47.5 Å². The largest absolute Gasteiger partial charge is 0.338 e. The Morgan fingerprint density at radius 2 is 1.39 bits per heavy atom. The van der Waals surface area contributed by atoms with Crippen LogP contribution >= 0.6 is 7.60 Å². The first-order valence-electron chi connectivity index (χ1n) is 12.7. The molecule has 0 N–H and O–H groups in total. The Labute approximate surface area is 211 Å². The van der Waals surface area contributed by atoms with Gasteiger partial charge in [-0.05, 0) is 45.2 Å². The van der Waals surface area contributed by atoms with Gasteiger partial charge in [0.1, 0.15) is 0 Å². The maximum Gasteiger partial charge on any atom is 0.338 e. The Balaban J connectivity index is 1.28. The minimum atomic E-state index is -3.58. The van der Waals surface area contributed by atoms with Crippen molar-refractivity contribution in [1.82, 2.24) is 9.80 Å². The van der Waals surface area contributed by atoms with Crippen molar-refractivity contribution in [2.75, 3.05) is 26.3 Å². The lowest BCUT2D eigenvalue weighted by molar-refractivity contribution is -0.140. The van der Waals surface area contributed by atoms with Gasteiger partial charge in [-0.15, -0.1) is 0 Å². The zero-order valence-electron chi connectivity index (χ0n) is 20.8. The number of likely N-dealkylation sites (tertiary alicyclic amines) is 1. The molecule has 4 rings (SSSR count). The second kappa shape index (κ2) is 11.2. The van der Waals surface area contributed by atoms with Crippen molar-refractivity contribution in [3.8, 4) is 0 Å². The van der Waals surface area contributed by atoms with E-state index in [2.05, 4.69) is 0 Å². The molecule has 1 saturated heterocycles. The van der Waals surface area contributed by atoms with Gasteiger partial charge >= 0.3 is 7.60 Å². The number of amides is 4. The van der Waals surface area contributed by atoms with Gasteiger partial charge in [0.15, 0.2) is 0 Å². The van der Waals surface area contributed by atoms with Gasteiger partial charge in [-0.2, -0.15) is 0 Å². The van der Waals surface area contributed by atoms with Crippen molar-refractivity contribution >= 4 is 31.2 Å². The van der Waals surface area contributed by atoms with Crippen molar-refractivity contribution in [2.24, 2.45) is 11.8 Å². The van der Waals surface area contributed by atoms with E-state index in [0.717, 1.165) is 12.8 Å². The van der Waals surface area contributed by atoms with Gasteiger partial charge in [-0.1, -0.05) is 37.1 Å². The molecule has 0 radical (unpaired) electrons. The number of carbonyl (C=O) groups excluding carboxylic acids is 4. The summed E-state index contributed by atoms with van der Waals surface area (Å²) in [7, 11) is -3.58. The molecule has 36 heavy (non-hydrogen) atoms. The SMILES string of the molecule is CCOP(=O)(OCC)[C@@H]1C=CC[C@@H]2C(=O)N(CCCCCCN3C(=O)c4ccccc4C3=O)C(=O)[C@@H]21. The molecule has 1 aromatic carbocycles. The number of imide groups is 2. The number of allylic oxidation sites excluding steroid dienone is 2. The second-order valence-corrected chi connectivity index (χ2v) is 11.4. The molecule has 3 aliphatic rings.